The van der Waals surface area contributed by atoms with E-state index < -0.39 is 37.2 Å². The third kappa shape index (κ3) is 4.97. The van der Waals surface area contributed by atoms with Crippen LogP contribution in [0.4, 0.5) is 28.2 Å². The van der Waals surface area contributed by atoms with E-state index >= 15 is 0 Å². The first-order valence-corrected chi connectivity index (χ1v) is 11.2. The van der Waals surface area contributed by atoms with Crippen LogP contribution < -0.4 is 10.6 Å². The van der Waals surface area contributed by atoms with Crippen molar-refractivity contribution in [2.75, 3.05) is 5.32 Å². The van der Waals surface area contributed by atoms with Gasteiger partial charge in [0.1, 0.15) is 24.6 Å². The highest BCUT2D eigenvalue weighted by molar-refractivity contribution is 6.02. The van der Waals surface area contributed by atoms with Crippen LogP contribution in [0.1, 0.15) is 59.9 Å². The highest BCUT2D eigenvalue weighted by Gasteiger charge is 2.58. The molecular weight excluding hydrogens is 476 g/mol. The Kier molecular flexibility index (Phi) is 5.73. The molecular formula is C21H24F4N6O4. The quantitative estimate of drug-likeness (QED) is 0.502. The first-order chi connectivity index (χ1) is 16.5. The lowest BCUT2D eigenvalue weighted by Gasteiger charge is -2.61. The van der Waals surface area contributed by atoms with E-state index in [1.165, 1.54) is 13.1 Å². The second-order valence-corrected chi connectivity index (χ2v) is 9.55. The van der Waals surface area contributed by atoms with Crippen LogP contribution in [0, 0.1) is 5.92 Å². The molecule has 4 saturated carbocycles. The summed E-state index contributed by atoms with van der Waals surface area (Å²) in [5.74, 6) is -0.0878. The van der Waals surface area contributed by atoms with E-state index in [0.29, 0.717) is 11.6 Å². The summed E-state index contributed by atoms with van der Waals surface area (Å²) in [5.41, 5.74) is 0.352. The standard InChI is InChI=1S/C21H24F4N6O4/c1-31-15(4-12(30-31)9-34-21(23,24)25)18(32)26-17-5-14(28-29-17)11-2-13(22)16(3-11)35-19(33)27-20-6-10(7-20)8-20/h4-5,10-11,13,16H,2-3,6-9H2,1H3,(H,27,33)(H2,26,28,29,32)/t10?,11-,13+,16-,20?/m1/s1. The molecule has 6 rings (SSSR count). The Balaban J connectivity index is 1.14. The summed E-state index contributed by atoms with van der Waals surface area (Å²) in [6.07, 6.45) is -4.34. The van der Waals surface area contributed by atoms with Crippen molar-refractivity contribution in [2.24, 2.45) is 13.0 Å². The van der Waals surface area contributed by atoms with Gasteiger partial charge < -0.3 is 15.4 Å². The number of alkyl halides is 4. The monoisotopic (exact) mass is 500 g/mol. The maximum atomic E-state index is 14.5. The number of nitrogens with zero attached hydrogens (tertiary/aromatic N) is 3. The number of carbonyl (C=O) groups is 2. The molecule has 2 bridgehead atoms. The highest BCUT2D eigenvalue weighted by Crippen LogP contribution is 2.57. The summed E-state index contributed by atoms with van der Waals surface area (Å²) in [6, 6.07) is 2.73. The molecule has 2 aromatic heterocycles. The Bertz CT molecular complexity index is 1110. The van der Waals surface area contributed by atoms with Crippen molar-refractivity contribution in [3.8, 4) is 0 Å². The molecule has 0 unspecified atom stereocenters. The minimum Gasteiger partial charge on any atom is -0.443 e. The lowest BCUT2D eigenvalue weighted by molar-refractivity contribution is -0.330. The molecule has 2 amide bonds. The summed E-state index contributed by atoms with van der Waals surface area (Å²) in [4.78, 5) is 24.7. The molecule has 0 radical (unpaired) electrons. The number of hydrogen-bond donors (Lipinski definition) is 3. The molecule has 14 heteroatoms. The Labute approximate surface area is 196 Å². The predicted molar refractivity (Wildman–Crippen MR) is 111 cm³/mol. The van der Waals surface area contributed by atoms with Crippen LogP contribution >= 0.6 is 0 Å². The lowest BCUT2D eigenvalue weighted by Crippen LogP contribution is -2.68. The maximum absolute atomic E-state index is 14.5. The molecule has 4 fully saturated rings. The first-order valence-electron chi connectivity index (χ1n) is 11.2. The van der Waals surface area contributed by atoms with Crippen LogP contribution in [0.5, 0.6) is 0 Å². The minimum atomic E-state index is -4.81. The summed E-state index contributed by atoms with van der Waals surface area (Å²) < 4.78 is 61.4. The smallest absolute Gasteiger partial charge is 0.443 e. The number of carbonyl (C=O) groups excluding carboxylic acids is 2. The summed E-state index contributed by atoms with van der Waals surface area (Å²) in [6.45, 7) is -0.827. The molecule has 0 aliphatic heterocycles. The van der Waals surface area contributed by atoms with Crippen LogP contribution in [0.25, 0.3) is 0 Å². The lowest BCUT2D eigenvalue weighted by atomic mass is 9.50. The number of aromatic amines is 1. The van der Waals surface area contributed by atoms with Gasteiger partial charge in [-0.3, -0.25) is 19.3 Å². The zero-order chi connectivity index (χ0) is 25.0. The van der Waals surface area contributed by atoms with Crippen molar-refractivity contribution < 1.29 is 36.6 Å². The third-order valence-electron chi connectivity index (χ3n) is 6.92. The summed E-state index contributed by atoms with van der Waals surface area (Å²) in [5, 5.41) is 16.0. The molecule has 2 heterocycles. The van der Waals surface area contributed by atoms with Gasteiger partial charge in [-0.2, -0.15) is 10.2 Å². The number of aromatic nitrogens is 4. The van der Waals surface area contributed by atoms with Crippen molar-refractivity contribution in [1.82, 2.24) is 25.3 Å². The SMILES string of the molecule is Cn1nc(COC(F)(F)F)cc1C(=O)Nc1cc([C@@H]2C[C@H](F)[C@H](OC(=O)NC34CC(C3)C4)C2)[nH]n1. The zero-order valence-corrected chi connectivity index (χ0v) is 18.7. The number of halogens is 4. The number of alkyl carbamates (subject to hydrolysis) is 1. The van der Waals surface area contributed by atoms with Gasteiger partial charge in [-0.05, 0) is 44.1 Å². The van der Waals surface area contributed by atoms with Crippen molar-refractivity contribution in [2.45, 2.75) is 68.8 Å². The van der Waals surface area contributed by atoms with Gasteiger partial charge in [0.2, 0.25) is 0 Å². The van der Waals surface area contributed by atoms with Crippen molar-refractivity contribution in [3.05, 3.63) is 29.2 Å². The van der Waals surface area contributed by atoms with Crippen molar-refractivity contribution in [3.63, 3.8) is 0 Å². The summed E-state index contributed by atoms with van der Waals surface area (Å²) >= 11 is 0. The van der Waals surface area contributed by atoms with Gasteiger partial charge in [0.05, 0.1) is 5.69 Å². The van der Waals surface area contributed by atoms with Gasteiger partial charge in [-0.1, -0.05) is 0 Å². The molecule has 4 aliphatic rings. The number of hydrogen-bond acceptors (Lipinski definition) is 6. The molecule has 10 nitrogen and oxygen atoms in total. The number of anilines is 1. The fourth-order valence-electron chi connectivity index (χ4n) is 5.09. The number of aryl methyl sites for hydroxylation is 1. The van der Waals surface area contributed by atoms with Gasteiger partial charge in [0.15, 0.2) is 5.82 Å². The molecule has 4 aliphatic carbocycles. The molecule has 35 heavy (non-hydrogen) atoms. The van der Waals surface area contributed by atoms with E-state index in [-0.39, 0.29) is 41.5 Å². The largest absolute Gasteiger partial charge is 0.522 e. The second kappa shape index (κ2) is 8.50. The molecule has 3 N–H and O–H groups in total. The van der Waals surface area contributed by atoms with Crippen molar-refractivity contribution in [1.29, 1.82) is 0 Å². The molecule has 0 spiro atoms. The Morgan fingerprint density at radius 3 is 2.66 bits per heavy atom. The number of nitrogens with one attached hydrogen (secondary N) is 3. The van der Waals surface area contributed by atoms with Gasteiger partial charge >= 0.3 is 12.5 Å². The summed E-state index contributed by atoms with van der Waals surface area (Å²) in [7, 11) is 1.41. The Morgan fingerprint density at radius 1 is 1.26 bits per heavy atom. The van der Waals surface area contributed by atoms with E-state index in [1.54, 1.807) is 6.07 Å². The first kappa shape index (κ1) is 23.6. The van der Waals surface area contributed by atoms with Crippen LogP contribution in [0.15, 0.2) is 12.1 Å². The van der Waals surface area contributed by atoms with Crippen LogP contribution in [-0.4, -0.2) is 56.2 Å². The molecule has 2 aromatic rings. The number of rotatable bonds is 7. The van der Waals surface area contributed by atoms with Crippen LogP contribution in [-0.2, 0) is 23.1 Å². The van der Waals surface area contributed by atoms with Gasteiger partial charge in [0, 0.05) is 30.3 Å². The zero-order valence-electron chi connectivity index (χ0n) is 18.7. The molecule has 190 valence electrons. The average Bonchev–Trinajstić information content (AvgIpc) is 3.41. The van der Waals surface area contributed by atoms with Gasteiger partial charge in [0.25, 0.3) is 5.91 Å². The number of amides is 2. The van der Waals surface area contributed by atoms with Gasteiger partial charge in [-0.25, -0.2) is 9.18 Å². The Hall–Kier alpha value is -3.16. The molecule has 0 saturated heterocycles. The van der Waals surface area contributed by atoms with E-state index in [4.69, 9.17) is 4.74 Å². The maximum Gasteiger partial charge on any atom is 0.522 e. The fourth-order valence-corrected chi connectivity index (χ4v) is 5.09. The number of ether oxygens (including phenoxy) is 2. The predicted octanol–water partition coefficient (Wildman–Crippen LogP) is 3.29. The fraction of sp³-hybridized carbons (Fsp3) is 0.619. The van der Waals surface area contributed by atoms with E-state index in [2.05, 4.69) is 30.7 Å². The second-order valence-electron chi connectivity index (χ2n) is 9.55. The van der Waals surface area contributed by atoms with Gasteiger partial charge in [-0.15, -0.1) is 13.2 Å². The van der Waals surface area contributed by atoms with E-state index in [1.807, 2.05) is 0 Å². The Morgan fingerprint density at radius 2 is 2.00 bits per heavy atom. The number of H-pyrrole nitrogens is 1. The molecule has 0 aromatic carbocycles. The minimum absolute atomic E-state index is 0.00297. The third-order valence-corrected chi connectivity index (χ3v) is 6.92. The normalized spacial score (nSPS) is 29.3. The van der Waals surface area contributed by atoms with Crippen LogP contribution in [0.3, 0.4) is 0 Å². The van der Waals surface area contributed by atoms with E-state index in [9.17, 15) is 27.2 Å². The average molecular weight is 500 g/mol. The van der Waals surface area contributed by atoms with Crippen molar-refractivity contribution >= 4 is 17.8 Å². The molecule has 3 atom stereocenters. The highest BCUT2D eigenvalue weighted by atomic mass is 19.4. The topological polar surface area (TPSA) is 123 Å². The van der Waals surface area contributed by atoms with Crippen LogP contribution in [0.2, 0.25) is 0 Å². The van der Waals surface area contributed by atoms with E-state index in [0.717, 1.165) is 23.9 Å².